The third-order valence-corrected chi connectivity index (χ3v) is 3.39. The van der Waals surface area contributed by atoms with Crippen LogP contribution in [0.3, 0.4) is 0 Å². The first kappa shape index (κ1) is 15.8. The highest BCUT2D eigenvalue weighted by Gasteiger charge is 2.33. The summed E-state index contributed by atoms with van der Waals surface area (Å²) in [4.78, 5) is 10.8. The molecule has 0 aliphatic carbocycles. The molecule has 0 amide bonds. The van der Waals surface area contributed by atoms with Gasteiger partial charge in [-0.15, -0.1) is 0 Å². The summed E-state index contributed by atoms with van der Waals surface area (Å²) in [5.41, 5.74) is -1.11. The molecular formula is C12H26O4. The third kappa shape index (κ3) is 4.37. The van der Waals surface area contributed by atoms with E-state index < -0.39 is 11.2 Å². The van der Waals surface area contributed by atoms with Crippen LogP contribution in [0.4, 0.5) is 0 Å². The van der Waals surface area contributed by atoms with E-state index in [2.05, 4.69) is 0 Å². The molecule has 0 aliphatic heterocycles. The Morgan fingerprint density at radius 2 is 1.06 bits per heavy atom. The van der Waals surface area contributed by atoms with E-state index in [0.29, 0.717) is 0 Å². The number of hydrogen-bond donors (Lipinski definition) is 2. The second-order valence-electron chi connectivity index (χ2n) is 5.54. The highest BCUT2D eigenvalue weighted by Crippen LogP contribution is 2.27. The van der Waals surface area contributed by atoms with Crippen molar-refractivity contribution < 1.29 is 20.0 Å². The topological polar surface area (TPSA) is 58.9 Å². The van der Waals surface area contributed by atoms with Crippen LogP contribution >= 0.6 is 0 Å². The zero-order valence-corrected chi connectivity index (χ0v) is 11.3. The molecule has 0 aromatic rings. The van der Waals surface area contributed by atoms with Crippen LogP contribution in [-0.2, 0) is 9.78 Å². The van der Waals surface area contributed by atoms with Gasteiger partial charge in [0.05, 0.1) is 0 Å². The number of rotatable bonds is 7. The molecule has 4 heteroatoms. The Kier molecular flexibility index (Phi) is 5.90. The van der Waals surface area contributed by atoms with E-state index in [0.717, 1.165) is 0 Å². The fraction of sp³-hybridized carbons (Fsp3) is 1.00. The van der Waals surface area contributed by atoms with Gasteiger partial charge in [-0.25, -0.2) is 9.78 Å². The molecule has 0 rings (SSSR count). The van der Waals surface area contributed by atoms with Gasteiger partial charge in [0.15, 0.2) is 0 Å². The summed E-state index contributed by atoms with van der Waals surface area (Å²) in [6.45, 7) is 11.4. The Morgan fingerprint density at radius 3 is 1.25 bits per heavy atom. The van der Waals surface area contributed by atoms with Gasteiger partial charge >= 0.3 is 0 Å². The Labute approximate surface area is 98.5 Å². The zero-order valence-electron chi connectivity index (χ0n) is 11.3. The summed E-state index contributed by atoms with van der Waals surface area (Å²) in [5, 5.41) is 18.2. The van der Waals surface area contributed by atoms with Crippen LogP contribution < -0.4 is 0 Å². The highest BCUT2D eigenvalue weighted by atomic mass is 17.2. The lowest BCUT2D eigenvalue weighted by molar-refractivity contribution is -0.418. The first-order valence-electron chi connectivity index (χ1n) is 5.76. The summed E-state index contributed by atoms with van der Waals surface area (Å²) in [6, 6.07) is 0. The molecule has 0 aromatic carbocycles. The average Bonchev–Trinajstić information content (AvgIpc) is 2.24. The van der Waals surface area contributed by atoms with E-state index in [1.54, 1.807) is 0 Å². The molecule has 2 N–H and O–H groups in total. The van der Waals surface area contributed by atoms with Crippen molar-refractivity contribution in [2.24, 2.45) is 11.8 Å². The third-order valence-electron chi connectivity index (χ3n) is 3.39. The Balaban J connectivity index is 4.33. The first-order valence-corrected chi connectivity index (χ1v) is 5.76. The van der Waals surface area contributed by atoms with Gasteiger partial charge in [0.1, 0.15) is 11.2 Å². The van der Waals surface area contributed by atoms with Gasteiger partial charge in [-0.1, -0.05) is 13.8 Å². The van der Waals surface area contributed by atoms with Crippen molar-refractivity contribution >= 4 is 0 Å². The Bertz CT molecular complexity index is 179. The van der Waals surface area contributed by atoms with Crippen LogP contribution in [0.25, 0.3) is 0 Å². The van der Waals surface area contributed by atoms with Crippen LogP contribution in [0, 0.1) is 11.8 Å². The number of aliphatic hydroxyl groups is 2. The molecule has 4 nitrogen and oxygen atoms in total. The highest BCUT2D eigenvalue weighted by molar-refractivity contribution is 4.77. The van der Waals surface area contributed by atoms with Crippen LogP contribution in [-0.4, -0.2) is 34.6 Å². The van der Waals surface area contributed by atoms with Crippen molar-refractivity contribution in [2.75, 3.05) is 13.2 Å². The molecule has 2 atom stereocenters. The normalized spacial score (nSPS) is 17.2. The lowest BCUT2D eigenvalue weighted by Gasteiger charge is -2.36. The maximum atomic E-state index is 9.08. The summed E-state index contributed by atoms with van der Waals surface area (Å²) < 4.78 is 0. The molecule has 0 aromatic heterocycles. The molecule has 0 fully saturated rings. The molecule has 0 aliphatic rings. The van der Waals surface area contributed by atoms with E-state index in [9.17, 15) is 0 Å². The summed E-state index contributed by atoms with van der Waals surface area (Å²) in [7, 11) is 0. The van der Waals surface area contributed by atoms with Crippen molar-refractivity contribution in [2.45, 2.75) is 52.7 Å². The first-order chi connectivity index (χ1) is 7.17. The Morgan fingerprint density at radius 1 is 0.812 bits per heavy atom. The van der Waals surface area contributed by atoms with Gasteiger partial charge in [0.2, 0.25) is 0 Å². The molecule has 98 valence electrons. The van der Waals surface area contributed by atoms with E-state index in [1.807, 2.05) is 41.5 Å². The maximum absolute atomic E-state index is 9.08. The predicted octanol–water partition coefficient (Wildman–Crippen LogP) is 1.75. The van der Waals surface area contributed by atoms with Gasteiger partial charge in [-0.05, 0) is 27.7 Å². The second kappa shape index (κ2) is 5.96. The monoisotopic (exact) mass is 234 g/mol. The lowest BCUT2D eigenvalue weighted by atomic mass is 9.93. The van der Waals surface area contributed by atoms with E-state index in [4.69, 9.17) is 20.0 Å². The number of aliphatic hydroxyl groups excluding tert-OH is 2. The van der Waals surface area contributed by atoms with Gasteiger partial charge in [0.25, 0.3) is 0 Å². The summed E-state index contributed by atoms with van der Waals surface area (Å²) >= 11 is 0. The molecule has 0 radical (unpaired) electrons. The smallest absolute Gasteiger partial charge is 0.103 e. The molecule has 0 bridgehead atoms. The van der Waals surface area contributed by atoms with Crippen molar-refractivity contribution in [3.63, 3.8) is 0 Å². The SMILES string of the molecule is CC(CO)C(C)(C)OOC(C)(C)C(C)CO. The van der Waals surface area contributed by atoms with Crippen molar-refractivity contribution in [3.05, 3.63) is 0 Å². The van der Waals surface area contributed by atoms with E-state index in [-0.39, 0.29) is 25.0 Å². The zero-order chi connectivity index (χ0) is 13.0. The van der Waals surface area contributed by atoms with Gasteiger partial charge < -0.3 is 10.2 Å². The van der Waals surface area contributed by atoms with Gasteiger partial charge in [0, 0.05) is 25.0 Å². The van der Waals surface area contributed by atoms with Crippen molar-refractivity contribution in [3.8, 4) is 0 Å². The van der Waals surface area contributed by atoms with E-state index >= 15 is 0 Å². The average molecular weight is 234 g/mol. The summed E-state index contributed by atoms with van der Waals surface area (Å²) in [6.07, 6.45) is 0. The van der Waals surface area contributed by atoms with Crippen molar-refractivity contribution in [1.82, 2.24) is 0 Å². The second-order valence-corrected chi connectivity index (χ2v) is 5.54. The summed E-state index contributed by atoms with van der Waals surface area (Å²) in [5.74, 6) is -0.0412. The minimum atomic E-state index is -0.554. The van der Waals surface area contributed by atoms with Crippen LogP contribution in [0.15, 0.2) is 0 Å². The minimum Gasteiger partial charge on any atom is -0.396 e. The minimum absolute atomic E-state index is 0.0206. The molecular weight excluding hydrogens is 208 g/mol. The van der Waals surface area contributed by atoms with E-state index in [1.165, 1.54) is 0 Å². The fourth-order valence-corrected chi connectivity index (χ4v) is 0.819. The standard InChI is InChI=1S/C12H26O4/c1-9(7-13)11(3,4)15-16-12(5,6)10(2)8-14/h9-10,13-14H,7-8H2,1-6H3. The fourth-order valence-electron chi connectivity index (χ4n) is 0.819. The van der Waals surface area contributed by atoms with Gasteiger partial charge in [-0.3, -0.25) is 0 Å². The molecule has 0 heterocycles. The predicted molar refractivity (Wildman–Crippen MR) is 62.8 cm³/mol. The van der Waals surface area contributed by atoms with Crippen molar-refractivity contribution in [1.29, 1.82) is 0 Å². The largest absolute Gasteiger partial charge is 0.396 e. The van der Waals surface area contributed by atoms with Gasteiger partial charge in [-0.2, -0.15) is 0 Å². The molecule has 16 heavy (non-hydrogen) atoms. The number of hydrogen-bond acceptors (Lipinski definition) is 4. The van der Waals surface area contributed by atoms with Crippen LogP contribution in [0.2, 0.25) is 0 Å². The quantitative estimate of drug-likeness (QED) is 0.520. The van der Waals surface area contributed by atoms with Crippen LogP contribution in [0.1, 0.15) is 41.5 Å². The maximum Gasteiger partial charge on any atom is 0.103 e. The Hall–Kier alpha value is -0.160. The van der Waals surface area contributed by atoms with Crippen LogP contribution in [0.5, 0.6) is 0 Å². The molecule has 0 spiro atoms. The molecule has 0 saturated heterocycles. The molecule has 2 unspecified atom stereocenters. The molecule has 0 saturated carbocycles. The lowest BCUT2D eigenvalue weighted by Crippen LogP contribution is -2.42.